The molecule has 0 saturated carbocycles. The van der Waals surface area contributed by atoms with Crippen molar-refractivity contribution in [3.8, 4) is 0 Å². The van der Waals surface area contributed by atoms with Gasteiger partial charge in [0.25, 0.3) is 0 Å². The summed E-state index contributed by atoms with van der Waals surface area (Å²) in [5.41, 5.74) is 0.860. The maximum atomic E-state index is 10.4. The highest BCUT2D eigenvalue weighted by Crippen LogP contribution is 2.22. The number of aromatic nitrogens is 2. The Morgan fingerprint density at radius 3 is 2.71 bits per heavy atom. The first-order valence-corrected chi connectivity index (χ1v) is 6.55. The molecule has 4 heteroatoms. The highest BCUT2D eigenvalue weighted by Gasteiger charge is 2.23. The van der Waals surface area contributed by atoms with Crippen LogP contribution in [0.5, 0.6) is 0 Å². The first-order valence-electron chi connectivity index (χ1n) is 6.55. The Bertz CT molecular complexity index is 306. The van der Waals surface area contributed by atoms with E-state index in [1.54, 1.807) is 6.20 Å². The van der Waals surface area contributed by atoms with E-state index < -0.39 is 6.10 Å². The molecule has 0 amide bonds. The number of ether oxygens (including phenoxy) is 1. The summed E-state index contributed by atoms with van der Waals surface area (Å²) in [6, 6.07) is 1.88. The van der Waals surface area contributed by atoms with E-state index in [0.29, 0.717) is 6.61 Å². The van der Waals surface area contributed by atoms with Gasteiger partial charge in [-0.15, -0.1) is 0 Å². The minimum Gasteiger partial charge on any atom is -0.384 e. The average molecular weight is 240 g/mol. The number of aryl methyl sites for hydroxylation is 1. The summed E-state index contributed by atoms with van der Waals surface area (Å²) >= 11 is 0. The van der Waals surface area contributed by atoms with Crippen molar-refractivity contribution in [1.82, 2.24) is 9.78 Å². The highest BCUT2D eigenvalue weighted by atomic mass is 16.5. The molecule has 1 heterocycles. The molecule has 0 fully saturated rings. The van der Waals surface area contributed by atoms with Crippen molar-refractivity contribution in [3.63, 3.8) is 0 Å². The molecule has 1 N–H and O–H groups in total. The maximum Gasteiger partial charge on any atom is 0.122 e. The van der Waals surface area contributed by atoms with E-state index in [9.17, 15) is 5.11 Å². The van der Waals surface area contributed by atoms with Gasteiger partial charge in [-0.1, -0.05) is 20.3 Å². The van der Waals surface area contributed by atoms with Crippen LogP contribution in [0.25, 0.3) is 0 Å². The Hall–Kier alpha value is -0.870. The largest absolute Gasteiger partial charge is 0.384 e. The summed E-state index contributed by atoms with van der Waals surface area (Å²) in [6.45, 7) is 7.62. The van der Waals surface area contributed by atoms with Crippen LogP contribution in [0.3, 0.4) is 0 Å². The third-order valence-electron chi connectivity index (χ3n) is 2.79. The predicted molar refractivity (Wildman–Crippen MR) is 67.8 cm³/mol. The molecule has 1 aromatic heterocycles. The van der Waals surface area contributed by atoms with Crippen LogP contribution in [0.4, 0.5) is 0 Å². The fourth-order valence-corrected chi connectivity index (χ4v) is 2.01. The van der Waals surface area contributed by atoms with Gasteiger partial charge in [-0.3, -0.25) is 4.68 Å². The molecule has 98 valence electrons. The molecule has 4 nitrogen and oxygen atoms in total. The summed E-state index contributed by atoms with van der Waals surface area (Å²) in [4.78, 5) is 0. The zero-order valence-corrected chi connectivity index (χ0v) is 11.1. The van der Waals surface area contributed by atoms with Gasteiger partial charge < -0.3 is 9.84 Å². The normalized spacial score (nSPS) is 14.8. The maximum absolute atomic E-state index is 10.4. The summed E-state index contributed by atoms with van der Waals surface area (Å²) in [5, 5.41) is 14.6. The van der Waals surface area contributed by atoms with E-state index >= 15 is 0 Å². The van der Waals surface area contributed by atoms with Gasteiger partial charge in [0.05, 0.1) is 11.8 Å². The van der Waals surface area contributed by atoms with Gasteiger partial charge in [0, 0.05) is 19.3 Å². The van der Waals surface area contributed by atoms with E-state index in [0.717, 1.165) is 31.5 Å². The summed E-state index contributed by atoms with van der Waals surface area (Å²) in [6.07, 6.45) is 3.91. The molecule has 0 saturated heterocycles. The van der Waals surface area contributed by atoms with Crippen molar-refractivity contribution in [2.45, 2.75) is 58.8 Å². The molecule has 1 aromatic rings. The van der Waals surface area contributed by atoms with Crippen molar-refractivity contribution in [2.75, 3.05) is 6.61 Å². The van der Waals surface area contributed by atoms with Gasteiger partial charge in [-0.05, 0) is 25.8 Å². The number of rotatable bonds is 8. The molecular formula is C13H24N2O2. The second kappa shape index (κ2) is 7.45. The molecule has 17 heavy (non-hydrogen) atoms. The van der Waals surface area contributed by atoms with Gasteiger partial charge >= 0.3 is 0 Å². The van der Waals surface area contributed by atoms with Gasteiger partial charge in [-0.25, -0.2) is 0 Å². The molecule has 0 aliphatic carbocycles. The molecule has 0 aromatic carbocycles. The number of hydrogen-bond donors (Lipinski definition) is 1. The van der Waals surface area contributed by atoms with Crippen LogP contribution < -0.4 is 0 Å². The van der Waals surface area contributed by atoms with E-state index in [1.807, 2.05) is 17.7 Å². The minimum absolute atomic E-state index is 0.127. The van der Waals surface area contributed by atoms with Crippen LogP contribution in [-0.2, 0) is 11.3 Å². The smallest absolute Gasteiger partial charge is 0.122 e. The van der Waals surface area contributed by atoms with E-state index in [2.05, 4.69) is 18.9 Å². The number of aliphatic hydroxyl groups excluding tert-OH is 1. The van der Waals surface area contributed by atoms with E-state index in [-0.39, 0.29) is 6.10 Å². The van der Waals surface area contributed by atoms with Gasteiger partial charge in [0.15, 0.2) is 0 Å². The molecule has 0 radical (unpaired) electrons. The number of aliphatic hydroxyl groups is 1. The van der Waals surface area contributed by atoms with Gasteiger partial charge in [-0.2, -0.15) is 5.10 Å². The lowest BCUT2D eigenvalue weighted by atomic mass is 10.1. The van der Waals surface area contributed by atoms with Gasteiger partial charge in [0.2, 0.25) is 0 Å². The summed E-state index contributed by atoms with van der Waals surface area (Å²) in [5.74, 6) is 0. The second-order valence-electron chi connectivity index (χ2n) is 4.21. The number of nitrogens with zero attached hydrogens (tertiary/aromatic N) is 2. The Morgan fingerprint density at radius 1 is 1.35 bits per heavy atom. The third kappa shape index (κ3) is 3.82. The van der Waals surface area contributed by atoms with Crippen molar-refractivity contribution in [1.29, 1.82) is 0 Å². The molecule has 0 aliphatic rings. The molecule has 0 spiro atoms. The van der Waals surface area contributed by atoms with Crippen LogP contribution >= 0.6 is 0 Å². The monoisotopic (exact) mass is 240 g/mol. The fraction of sp³-hybridized carbons (Fsp3) is 0.769. The van der Waals surface area contributed by atoms with E-state index in [1.165, 1.54) is 0 Å². The molecule has 0 bridgehead atoms. The minimum atomic E-state index is -0.580. The van der Waals surface area contributed by atoms with Crippen molar-refractivity contribution in [2.24, 2.45) is 0 Å². The topological polar surface area (TPSA) is 47.3 Å². The molecular weight excluding hydrogens is 216 g/mol. The van der Waals surface area contributed by atoms with Gasteiger partial charge in [0.1, 0.15) is 6.10 Å². The zero-order valence-electron chi connectivity index (χ0n) is 11.1. The van der Waals surface area contributed by atoms with Crippen LogP contribution in [0.1, 0.15) is 51.8 Å². The van der Waals surface area contributed by atoms with Crippen LogP contribution in [0, 0.1) is 0 Å². The lowest BCUT2D eigenvalue weighted by Crippen LogP contribution is -2.24. The standard InChI is InChI=1S/C13H24N2O2/c1-4-7-12(17-6-3)13(16)11-8-9-14-15(11)10-5-2/h8-9,12-13,16H,4-7,10H2,1-3H3. The first-order chi connectivity index (χ1) is 8.24. The number of hydrogen-bond acceptors (Lipinski definition) is 3. The first kappa shape index (κ1) is 14.2. The molecule has 2 unspecified atom stereocenters. The third-order valence-corrected chi connectivity index (χ3v) is 2.79. The Balaban J connectivity index is 2.76. The Kier molecular flexibility index (Phi) is 6.22. The highest BCUT2D eigenvalue weighted by molar-refractivity contribution is 5.06. The zero-order chi connectivity index (χ0) is 12.7. The SMILES string of the molecule is CCCC(OCC)C(O)c1ccnn1CCC. The fourth-order valence-electron chi connectivity index (χ4n) is 2.01. The summed E-state index contributed by atoms with van der Waals surface area (Å²) < 4.78 is 7.48. The van der Waals surface area contributed by atoms with E-state index in [4.69, 9.17) is 4.74 Å². The Labute approximate surface area is 104 Å². The predicted octanol–water partition coefficient (Wildman–Crippen LogP) is 2.53. The van der Waals surface area contributed by atoms with Crippen LogP contribution in [-0.4, -0.2) is 27.6 Å². The quantitative estimate of drug-likeness (QED) is 0.759. The van der Waals surface area contributed by atoms with Crippen molar-refractivity contribution in [3.05, 3.63) is 18.0 Å². The van der Waals surface area contributed by atoms with Crippen LogP contribution in [0.15, 0.2) is 12.3 Å². The molecule has 0 aliphatic heterocycles. The average Bonchev–Trinajstić information content (AvgIpc) is 2.77. The molecule has 1 rings (SSSR count). The summed E-state index contributed by atoms with van der Waals surface area (Å²) in [7, 11) is 0. The van der Waals surface area contributed by atoms with Crippen molar-refractivity contribution < 1.29 is 9.84 Å². The second-order valence-corrected chi connectivity index (χ2v) is 4.21. The lowest BCUT2D eigenvalue weighted by Gasteiger charge is -2.23. The Morgan fingerprint density at radius 2 is 2.12 bits per heavy atom. The van der Waals surface area contributed by atoms with Crippen LogP contribution in [0.2, 0.25) is 0 Å². The lowest BCUT2D eigenvalue weighted by molar-refractivity contribution is -0.0420. The molecule has 2 atom stereocenters. The van der Waals surface area contributed by atoms with Crippen molar-refractivity contribution >= 4 is 0 Å².